The van der Waals surface area contributed by atoms with Gasteiger partial charge in [0.1, 0.15) is 4.83 Å². The summed E-state index contributed by atoms with van der Waals surface area (Å²) in [6.45, 7) is 0. The Balaban J connectivity index is 1.76. The number of aromatic nitrogens is 3. The Hall–Kier alpha value is -2.97. The van der Waals surface area contributed by atoms with Crippen LogP contribution in [0.3, 0.4) is 0 Å². The van der Waals surface area contributed by atoms with Gasteiger partial charge in [-0.2, -0.15) is 0 Å². The fraction of sp³-hybridized carbons (Fsp3) is 0.0588. The van der Waals surface area contributed by atoms with E-state index in [1.807, 2.05) is 24.3 Å². The average molecular weight is 386 g/mol. The maximum absolute atomic E-state index is 12.4. The van der Waals surface area contributed by atoms with Crippen molar-refractivity contribution < 1.29 is 14.3 Å². The van der Waals surface area contributed by atoms with E-state index in [-0.39, 0.29) is 5.88 Å². The molecule has 0 fully saturated rings. The van der Waals surface area contributed by atoms with Crippen LogP contribution in [0.5, 0.6) is 0 Å². The molecule has 0 saturated heterocycles. The van der Waals surface area contributed by atoms with Crippen LogP contribution in [0.15, 0.2) is 52.1 Å². The molecule has 0 bridgehead atoms. The van der Waals surface area contributed by atoms with Crippen molar-refractivity contribution in [3.8, 4) is 11.3 Å². The van der Waals surface area contributed by atoms with Crippen LogP contribution < -0.4 is 15.5 Å². The number of anilines is 1. The first-order valence-corrected chi connectivity index (χ1v) is 8.74. The lowest BCUT2D eigenvalue weighted by Gasteiger charge is -2.06. The van der Waals surface area contributed by atoms with Crippen LogP contribution in [-0.4, -0.2) is 16.2 Å². The van der Waals surface area contributed by atoms with Gasteiger partial charge in [0, 0.05) is 21.9 Å². The molecule has 0 atom stereocenters. The summed E-state index contributed by atoms with van der Waals surface area (Å²) in [7, 11) is 1.67. The van der Waals surface area contributed by atoms with Gasteiger partial charge in [0.05, 0.1) is 16.3 Å². The third kappa shape index (κ3) is 3.00. The van der Waals surface area contributed by atoms with Crippen LogP contribution in [-0.2, 0) is 7.05 Å². The van der Waals surface area contributed by atoms with Gasteiger partial charge in [0.2, 0.25) is 0 Å². The second-order valence-electron chi connectivity index (χ2n) is 5.53. The van der Waals surface area contributed by atoms with Crippen LogP contribution in [0.2, 0.25) is 5.02 Å². The summed E-state index contributed by atoms with van der Waals surface area (Å²) in [4.78, 5) is 9.49. The molecule has 9 heteroatoms. The molecule has 0 aliphatic rings. The molecule has 130 valence electrons. The van der Waals surface area contributed by atoms with E-state index in [2.05, 4.69) is 15.2 Å². The van der Waals surface area contributed by atoms with Gasteiger partial charge in [-0.05, 0) is 24.3 Å². The largest absolute Gasteiger partial charge is 0.857 e. The minimum absolute atomic E-state index is 0.115. The number of hydrogen-bond acceptors (Lipinski definition) is 7. The highest BCUT2D eigenvalue weighted by molar-refractivity contribution is 7.21. The molecule has 1 aromatic carbocycles. The van der Waals surface area contributed by atoms with Crippen molar-refractivity contribution in [2.45, 2.75) is 0 Å². The zero-order valence-corrected chi connectivity index (χ0v) is 15.1. The molecule has 0 amide bonds. The lowest BCUT2D eigenvalue weighted by atomic mass is 10.1. The highest BCUT2D eigenvalue weighted by Gasteiger charge is 2.13. The van der Waals surface area contributed by atoms with E-state index >= 15 is 0 Å². The minimum atomic E-state index is -0.490. The van der Waals surface area contributed by atoms with Gasteiger partial charge in [0.25, 0.3) is 6.20 Å². The third-order valence-corrected chi connectivity index (χ3v) is 5.06. The molecule has 7 nitrogen and oxygen atoms in total. The van der Waals surface area contributed by atoms with Gasteiger partial charge in [0.15, 0.2) is 12.3 Å². The summed E-state index contributed by atoms with van der Waals surface area (Å²) in [5.41, 5.74) is 8.18. The monoisotopic (exact) mass is 385 g/mol. The fourth-order valence-electron chi connectivity index (χ4n) is 2.45. The van der Waals surface area contributed by atoms with Crippen molar-refractivity contribution in [3.63, 3.8) is 0 Å². The summed E-state index contributed by atoms with van der Waals surface area (Å²) in [5, 5.41) is 17.4. The van der Waals surface area contributed by atoms with Crippen molar-refractivity contribution in [3.05, 3.63) is 52.5 Å². The predicted molar refractivity (Wildman–Crippen MR) is 98.4 cm³/mol. The number of thiophene rings is 1. The molecule has 26 heavy (non-hydrogen) atoms. The maximum Gasteiger partial charge on any atom is 0.320 e. The summed E-state index contributed by atoms with van der Waals surface area (Å²) >= 11 is 7.12. The van der Waals surface area contributed by atoms with E-state index in [0.717, 1.165) is 16.6 Å². The van der Waals surface area contributed by atoms with Crippen molar-refractivity contribution in [2.75, 3.05) is 5.73 Å². The zero-order chi connectivity index (χ0) is 18.3. The van der Waals surface area contributed by atoms with E-state index in [1.54, 1.807) is 19.2 Å². The number of nitrogens with zero attached hydrogens (tertiary/aromatic N) is 4. The van der Waals surface area contributed by atoms with Gasteiger partial charge in [-0.25, -0.2) is 9.98 Å². The Bertz CT molecular complexity index is 1130. The number of fused-ring (bicyclic) bond motifs is 1. The summed E-state index contributed by atoms with van der Waals surface area (Å²) < 4.78 is 6.34. The number of aliphatic imine (C=N–C) groups is 1. The van der Waals surface area contributed by atoms with Gasteiger partial charge in [-0.15, -0.1) is 11.3 Å². The number of aryl methyl sites for hydroxylation is 1. The van der Waals surface area contributed by atoms with Gasteiger partial charge in [-0.1, -0.05) is 28.4 Å². The number of pyridine rings is 1. The van der Waals surface area contributed by atoms with Crippen LogP contribution in [0.25, 0.3) is 21.5 Å². The topological polar surface area (TPSA) is 104 Å². The molecule has 0 saturated carbocycles. The molecule has 2 N–H and O–H groups in total. The molecule has 4 rings (SSSR count). The zero-order valence-electron chi connectivity index (χ0n) is 13.5. The highest BCUT2D eigenvalue weighted by Crippen LogP contribution is 2.34. The molecule has 4 aromatic rings. The first kappa shape index (κ1) is 16.5. The van der Waals surface area contributed by atoms with Crippen molar-refractivity contribution in [2.24, 2.45) is 12.0 Å². The Kier molecular flexibility index (Phi) is 4.06. The second kappa shape index (κ2) is 6.40. The minimum Gasteiger partial charge on any atom is -0.857 e. The van der Waals surface area contributed by atoms with Crippen LogP contribution >= 0.6 is 22.9 Å². The van der Waals surface area contributed by atoms with E-state index in [9.17, 15) is 5.11 Å². The van der Waals surface area contributed by atoms with Gasteiger partial charge in [-0.3, -0.25) is 4.52 Å². The first-order chi connectivity index (χ1) is 12.5. The molecule has 0 unspecified atom stereocenters. The third-order valence-electron chi connectivity index (χ3n) is 3.70. The van der Waals surface area contributed by atoms with E-state index in [1.165, 1.54) is 22.2 Å². The van der Waals surface area contributed by atoms with E-state index < -0.39 is 5.90 Å². The smallest absolute Gasteiger partial charge is 0.320 e. The Morgan fingerprint density at radius 3 is 2.73 bits per heavy atom. The Morgan fingerprint density at radius 2 is 2.04 bits per heavy atom. The molecule has 0 spiro atoms. The number of nitrogens with two attached hydrogens (primary N) is 1. The molecule has 0 aliphatic heterocycles. The van der Waals surface area contributed by atoms with Gasteiger partial charge < -0.3 is 10.8 Å². The number of nitrogen functional groups attached to an aromatic ring is 1. The number of benzene rings is 1. The molecule has 3 heterocycles. The van der Waals surface area contributed by atoms with Crippen molar-refractivity contribution in [1.29, 1.82) is 0 Å². The highest BCUT2D eigenvalue weighted by atomic mass is 35.5. The van der Waals surface area contributed by atoms with E-state index in [4.69, 9.17) is 21.9 Å². The fourth-order valence-corrected chi connectivity index (χ4v) is 3.55. The van der Waals surface area contributed by atoms with Crippen molar-refractivity contribution >= 4 is 50.6 Å². The average Bonchev–Trinajstić information content (AvgIpc) is 3.18. The maximum atomic E-state index is 12.4. The lowest BCUT2D eigenvalue weighted by Crippen LogP contribution is -2.27. The lowest BCUT2D eigenvalue weighted by molar-refractivity contribution is -0.739. The molecular formula is C17H12ClN5O2S. The predicted octanol–water partition coefficient (Wildman–Crippen LogP) is 2.45. The Morgan fingerprint density at radius 1 is 1.27 bits per heavy atom. The molecular weight excluding hydrogens is 374 g/mol. The number of hydrogen-bond donors (Lipinski definition) is 1. The first-order valence-electron chi connectivity index (χ1n) is 7.55. The normalized spacial score (nSPS) is 12.0. The molecule has 3 aromatic heterocycles. The molecule has 0 radical (unpaired) electrons. The quantitative estimate of drug-likeness (QED) is 0.331. The summed E-state index contributed by atoms with van der Waals surface area (Å²) in [5.74, 6) is -0.375. The summed E-state index contributed by atoms with van der Waals surface area (Å²) in [6.07, 6.45) is 1.50. The standard InChI is InChI=1S/C17H12ClN5O2S/c1-23-8-13(25-22-23)21-16(24)15-14(19)11-6-7-12(20-17(11)26-15)9-2-4-10(18)5-3-9/h2-8H,1H3,(H2-,19,21,22,24). The van der Waals surface area contributed by atoms with Crippen LogP contribution in [0.1, 0.15) is 4.88 Å². The van der Waals surface area contributed by atoms with Crippen molar-refractivity contribution in [1.82, 2.24) is 10.3 Å². The van der Waals surface area contributed by atoms with Crippen LogP contribution in [0.4, 0.5) is 11.6 Å². The van der Waals surface area contributed by atoms with Crippen LogP contribution in [0, 0.1) is 0 Å². The second-order valence-corrected chi connectivity index (χ2v) is 6.97. The number of halogens is 1. The van der Waals surface area contributed by atoms with E-state index in [0.29, 0.717) is 20.4 Å². The SMILES string of the molecule is C[n+]1cc(/N=C(\[O-])c2sc3nc(-c4ccc(Cl)cc4)ccc3c2N)on1. The van der Waals surface area contributed by atoms with Gasteiger partial charge >= 0.3 is 5.88 Å². The Labute approximate surface area is 157 Å². The number of rotatable bonds is 3. The summed E-state index contributed by atoms with van der Waals surface area (Å²) in [6, 6.07) is 11.1. The molecule has 0 aliphatic carbocycles.